The first-order valence-corrected chi connectivity index (χ1v) is 7.69. The van der Waals surface area contributed by atoms with E-state index in [9.17, 15) is 0 Å². The summed E-state index contributed by atoms with van der Waals surface area (Å²) >= 11 is 1.58. The molecule has 0 aliphatic heterocycles. The van der Waals surface area contributed by atoms with Gasteiger partial charge in [0.1, 0.15) is 10.6 Å². The van der Waals surface area contributed by atoms with Crippen LogP contribution in [0.5, 0.6) is 0 Å². The van der Waals surface area contributed by atoms with Crippen LogP contribution < -0.4 is 16.6 Å². The fraction of sp³-hybridized carbons (Fsp3) is 0.538. The highest BCUT2D eigenvalue weighted by atomic mass is 32.1. The van der Waals surface area contributed by atoms with Gasteiger partial charge in [-0.3, -0.25) is 5.43 Å². The molecule has 1 unspecified atom stereocenters. The SMILES string of the molecule is CCC(C)N(C)CCNc1nc(NN)nc2sccc12. The third-order valence-electron chi connectivity index (χ3n) is 3.55. The number of fused-ring (bicyclic) bond motifs is 1. The van der Waals surface area contributed by atoms with Crippen LogP contribution >= 0.6 is 11.3 Å². The number of nitrogen functional groups attached to an aromatic ring is 1. The van der Waals surface area contributed by atoms with Crippen molar-refractivity contribution >= 4 is 33.3 Å². The number of nitrogens with zero attached hydrogens (tertiary/aromatic N) is 3. The zero-order chi connectivity index (χ0) is 14.5. The third kappa shape index (κ3) is 3.36. The van der Waals surface area contributed by atoms with Gasteiger partial charge in [0, 0.05) is 19.1 Å². The van der Waals surface area contributed by atoms with Crippen molar-refractivity contribution in [1.82, 2.24) is 14.9 Å². The van der Waals surface area contributed by atoms with Crippen LogP contribution in [0.2, 0.25) is 0 Å². The third-order valence-corrected chi connectivity index (χ3v) is 4.36. The second-order valence-corrected chi connectivity index (χ2v) is 5.74. The molecule has 0 spiro atoms. The van der Waals surface area contributed by atoms with E-state index >= 15 is 0 Å². The number of anilines is 2. The first-order chi connectivity index (χ1) is 9.65. The number of aromatic nitrogens is 2. The standard InChI is InChI=1S/C13H22N6S/c1-4-9(2)19(3)7-6-15-11-10-5-8-20-12(10)17-13(16-11)18-14/h5,8-9H,4,6-7,14H2,1-3H3,(H2,15,16,17,18). The molecule has 0 saturated heterocycles. The molecular formula is C13H22N6S. The van der Waals surface area contributed by atoms with Crippen molar-refractivity contribution in [3.63, 3.8) is 0 Å². The Balaban J connectivity index is 2.04. The summed E-state index contributed by atoms with van der Waals surface area (Å²) in [6.07, 6.45) is 1.15. The van der Waals surface area contributed by atoms with E-state index in [2.05, 4.69) is 46.5 Å². The van der Waals surface area contributed by atoms with Crippen LogP contribution in [0.4, 0.5) is 11.8 Å². The number of likely N-dealkylation sites (N-methyl/N-ethyl adjacent to an activating group) is 1. The van der Waals surface area contributed by atoms with E-state index in [1.165, 1.54) is 0 Å². The Morgan fingerprint density at radius 2 is 2.25 bits per heavy atom. The quantitative estimate of drug-likeness (QED) is 0.536. The van der Waals surface area contributed by atoms with Crippen molar-refractivity contribution in [1.29, 1.82) is 0 Å². The molecule has 0 radical (unpaired) electrons. The molecule has 110 valence electrons. The Labute approximate surface area is 123 Å². The molecule has 0 bridgehead atoms. The van der Waals surface area contributed by atoms with Gasteiger partial charge in [-0.1, -0.05) is 6.92 Å². The van der Waals surface area contributed by atoms with E-state index in [1.807, 2.05) is 11.4 Å². The van der Waals surface area contributed by atoms with Gasteiger partial charge in [-0.2, -0.15) is 4.98 Å². The lowest BCUT2D eigenvalue weighted by atomic mass is 10.2. The molecule has 0 fully saturated rings. The lowest BCUT2D eigenvalue weighted by molar-refractivity contribution is 0.261. The maximum atomic E-state index is 5.41. The van der Waals surface area contributed by atoms with Crippen LogP contribution in [0.3, 0.4) is 0 Å². The number of hydrogen-bond acceptors (Lipinski definition) is 7. The lowest BCUT2D eigenvalue weighted by Crippen LogP contribution is -2.32. The molecule has 0 aromatic carbocycles. The van der Waals surface area contributed by atoms with Gasteiger partial charge in [-0.15, -0.1) is 11.3 Å². The van der Waals surface area contributed by atoms with Crippen LogP contribution in [0, 0.1) is 0 Å². The summed E-state index contributed by atoms with van der Waals surface area (Å²) in [5.74, 6) is 6.68. The molecule has 2 heterocycles. The van der Waals surface area contributed by atoms with Crippen LogP contribution in [0.1, 0.15) is 20.3 Å². The minimum Gasteiger partial charge on any atom is -0.368 e. The molecule has 2 rings (SSSR count). The highest BCUT2D eigenvalue weighted by Crippen LogP contribution is 2.25. The Kier molecular flexibility index (Phi) is 5.11. The summed E-state index contributed by atoms with van der Waals surface area (Å²) in [4.78, 5) is 12.0. The average molecular weight is 294 g/mol. The zero-order valence-electron chi connectivity index (χ0n) is 12.2. The number of rotatable bonds is 7. The Hall–Kier alpha value is -1.44. The van der Waals surface area contributed by atoms with Crippen molar-refractivity contribution in [3.05, 3.63) is 11.4 Å². The molecule has 7 heteroatoms. The van der Waals surface area contributed by atoms with Gasteiger partial charge in [0.15, 0.2) is 0 Å². The van der Waals surface area contributed by atoms with Crippen molar-refractivity contribution in [3.8, 4) is 0 Å². The van der Waals surface area contributed by atoms with E-state index in [-0.39, 0.29) is 0 Å². The summed E-state index contributed by atoms with van der Waals surface area (Å²) in [5, 5.41) is 6.43. The summed E-state index contributed by atoms with van der Waals surface area (Å²) < 4.78 is 0. The smallest absolute Gasteiger partial charge is 0.240 e. The van der Waals surface area contributed by atoms with Crippen molar-refractivity contribution in [2.24, 2.45) is 5.84 Å². The fourth-order valence-electron chi connectivity index (χ4n) is 1.94. The topological polar surface area (TPSA) is 79.1 Å². The van der Waals surface area contributed by atoms with Crippen molar-refractivity contribution < 1.29 is 0 Å². The minimum atomic E-state index is 0.442. The first-order valence-electron chi connectivity index (χ1n) is 6.81. The largest absolute Gasteiger partial charge is 0.368 e. The second-order valence-electron chi connectivity index (χ2n) is 4.84. The van der Waals surface area contributed by atoms with Gasteiger partial charge in [0.2, 0.25) is 5.95 Å². The molecule has 1 atom stereocenters. The highest BCUT2D eigenvalue weighted by molar-refractivity contribution is 7.16. The molecule has 20 heavy (non-hydrogen) atoms. The molecule has 4 N–H and O–H groups in total. The number of thiophene rings is 1. The minimum absolute atomic E-state index is 0.442. The van der Waals surface area contributed by atoms with E-state index in [0.29, 0.717) is 12.0 Å². The normalized spacial score (nSPS) is 12.8. The van der Waals surface area contributed by atoms with Gasteiger partial charge in [0.05, 0.1) is 5.39 Å². The monoisotopic (exact) mass is 294 g/mol. The number of nitrogens with two attached hydrogens (primary N) is 1. The molecule has 0 saturated carbocycles. The van der Waals surface area contributed by atoms with Gasteiger partial charge >= 0.3 is 0 Å². The second kappa shape index (κ2) is 6.83. The van der Waals surface area contributed by atoms with Crippen LogP contribution in [-0.2, 0) is 0 Å². The Bertz CT molecular complexity index is 555. The van der Waals surface area contributed by atoms with Gasteiger partial charge in [-0.25, -0.2) is 10.8 Å². The molecule has 2 aromatic heterocycles. The number of hydrogen-bond donors (Lipinski definition) is 3. The molecule has 2 aromatic rings. The van der Waals surface area contributed by atoms with Gasteiger partial charge in [-0.05, 0) is 31.8 Å². The van der Waals surface area contributed by atoms with Gasteiger partial charge < -0.3 is 10.2 Å². The predicted octanol–water partition coefficient (Wildman–Crippen LogP) is 2.12. The van der Waals surface area contributed by atoms with Gasteiger partial charge in [0.25, 0.3) is 0 Å². The molecular weight excluding hydrogens is 272 g/mol. The average Bonchev–Trinajstić information content (AvgIpc) is 2.94. The molecule has 6 nitrogen and oxygen atoms in total. The summed E-state index contributed by atoms with van der Waals surface area (Å²) in [7, 11) is 2.14. The molecule has 0 aliphatic rings. The molecule has 0 aliphatic carbocycles. The Morgan fingerprint density at radius 1 is 1.45 bits per heavy atom. The summed E-state index contributed by atoms with van der Waals surface area (Å²) in [5.41, 5.74) is 2.51. The van der Waals surface area contributed by atoms with Crippen molar-refractivity contribution in [2.75, 3.05) is 30.9 Å². The zero-order valence-corrected chi connectivity index (χ0v) is 13.0. The fourth-order valence-corrected chi connectivity index (χ4v) is 2.70. The molecule has 0 amide bonds. The van der Waals surface area contributed by atoms with E-state index in [1.54, 1.807) is 11.3 Å². The highest BCUT2D eigenvalue weighted by Gasteiger charge is 2.09. The number of hydrazine groups is 1. The maximum absolute atomic E-state index is 5.41. The Morgan fingerprint density at radius 3 is 2.95 bits per heavy atom. The van der Waals surface area contributed by atoms with Crippen LogP contribution in [0.15, 0.2) is 11.4 Å². The summed E-state index contributed by atoms with van der Waals surface area (Å²) in [6, 6.07) is 2.62. The van der Waals surface area contributed by atoms with Crippen LogP contribution in [0.25, 0.3) is 10.2 Å². The van der Waals surface area contributed by atoms with Crippen LogP contribution in [-0.4, -0.2) is 41.0 Å². The van der Waals surface area contributed by atoms with E-state index < -0.39 is 0 Å². The first kappa shape index (κ1) is 15.0. The summed E-state index contributed by atoms with van der Waals surface area (Å²) in [6.45, 7) is 6.24. The lowest BCUT2D eigenvalue weighted by Gasteiger charge is -2.23. The van der Waals surface area contributed by atoms with Crippen molar-refractivity contribution in [2.45, 2.75) is 26.3 Å². The van der Waals surface area contributed by atoms with E-state index in [0.717, 1.165) is 35.5 Å². The van der Waals surface area contributed by atoms with E-state index in [4.69, 9.17) is 5.84 Å². The predicted molar refractivity (Wildman–Crippen MR) is 86.1 cm³/mol. The maximum Gasteiger partial charge on any atom is 0.240 e. The number of nitrogens with one attached hydrogen (secondary N) is 2.